The van der Waals surface area contributed by atoms with Gasteiger partial charge in [0.15, 0.2) is 0 Å². The van der Waals surface area contributed by atoms with Crippen molar-refractivity contribution in [1.29, 1.82) is 0 Å². The molecule has 1 aliphatic carbocycles. The van der Waals surface area contributed by atoms with E-state index in [9.17, 15) is 9.59 Å². The zero-order valence-corrected chi connectivity index (χ0v) is 10.3. The van der Waals surface area contributed by atoms with Crippen LogP contribution in [0.3, 0.4) is 0 Å². The largest absolute Gasteiger partial charge is 0.466 e. The first-order chi connectivity index (χ1) is 8.11. The van der Waals surface area contributed by atoms with Crippen LogP contribution in [0.25, 0.3) is 0 Å². The van der Waals surface area contributed by atoms with Gasteiger partial charge in [-0.2, -0.15) is 0 Å². The zero-order chi connectivity index (χ0) is 12.7. The monoisotopic (exact) mass is 240 g/mol. The lowest BCUT2D eigenvalue weighted by Crippen LogP contribution is -2.24. The Morgan fingerprint density at radius 1 is 1.24 bits per heavy atom. The fraction of sp³-hybridized carbons (Fsp3) is 0.692. The van der Waals surface area contributed by atoms with Crippen LogP contribution in [0.4, 0.5) is 0 Å². The molecule has 0 aromatic heterocycles. The Morgan fingerprint density at radius 2 is 1.82 bits per heavy atom. The van der Waals surface area contributed by atoms with E-state index in [-0.39, 0.29) is 11.9 Å². The standard InChI is InChI=1S/C13H20O4/c1-3-13(15)17-9-12-6-4-5-11(7-12)8-16-10(2)14/h3,11-12H,1,4-9H2,2H3. The quantitative estimate of drug-likeness (QED) is 0.545. The maximum Gasteiger partial charge on any atom is 0.330 e. The number of carbonyl (C=O) groups is 2. The molecular weight excluding hydrogens is 220 g/mol. The molecule has 1 rings (SSSR count). The Hall–Kier alpha value is -1.32. The van der Waals surface area contributed by atoms with Crippen molar-refractivity contribution in [2.45, 2.75) is 32.6 Å². The molecule has 1 fully saturated rings. The van der Waals surface area contributed by atoms with Gasteiger partial charge < -0.3 is 9.47 Å². The minimum atomic E-state index is -0.368. The summed E-state index contributed by atoms with van der Waals surface area (Å²) in [7, 11) is 0. The third kappa shape index (κ3) is 5.52. The molecule has 0 aromatic rings. The number of ether oxygens (including phenoxy) is 2. The Labute approximate surface area is 102 Å². The maximum absolute atomic E-state index is 10.9. The topological polar surface area (TPSA) is 52.6 Å². The van der Waals surface area contributed by atoms with Gasteiger partial charge >= 0.3 is 11.9 Å². The van der Waals surface area contributed by atoms with Crippen molar-refractivity contribution in [2.75, 3.05) is 13.2 Å². The van der Waals surface area contributed by atoms with Gasteiger partial charge in [0.1, 0.15) is 0 Å². The van der Waals surface area contributed by atoms with E-state index < -0.39 is 0 Å². The van der Waals surface area contributed by atoms with Crippen molar-refractivity contribution < 1.29 is 19.1 Å². The highest BCUT2D eigenvalue weighted by Crippen LogP contribution is 2.29. The first-order valence-corrected chi connectivity index (χ1v) is 6.04. The molecule has 0 spiro atoms. The van der Waals surface area contributed by atoms with Crippen LogP contribution in [0, 0.1) is 11.8 Å². The number of rotatable bonds is 5. The minimum Gasteiger partial charge on any atom is -0.466 e. The highest BCUT2D eigenvalue weighted by atomic mass is 16.5. The third-order valence-corrected chi connectivity index (χ3v) is 3.04. The normalized spacial score (nSPS) is 23.8. The van der Waals surface area contributed by atoms with Crippen molar-refractivity contribution in [3.63, 3.8) is 0 Å². The molecule has 0 aromatic carbocycles. The Morgan fingerprint density at radius 3 is 2.35 bits per heavy atom. The lowest BCUT2D eigenvalue weighted by atomic mass is 9.82. The molecule has 0 N–H and O–H groups in total. The molecule has 96 valence electrons. The lowest BCUT2D eigenvalue weighted by molar-refractivity contribution is -0.143. The van der Waals surface area contributed by atoms with Crippen LogP contribution in [0.2, 0.25) is 0 Å². The summed E-state index contributed by atoms with van der Waals surface area (Å²) in [4.78, 5) is 21.7. The molecule has 0 aliphatic heterocycles. The fourth-order valence-corrected chi connectivity index (χ4v) is 2.20. The molecule has 0 radical (unpaired) electrons. The van der Waals surface area contributed by atoms with Gasteiger partial charge in [-0.1, -0.05) is 13.0 Å². The molecule has 0 amide bonds. The van der Waals surface area contributed by atoms with Crippen molar-refractivity contribution in [1.82, 2.24) is 0 Å². The smallest absolute Gasteiger partial charge is 0.330 e. The van der Waals surface area contributed by atoms with Crippen LogP contribution in [0.5, 0.6) is 0 Å². The first kappa shape index (κ1) is 13.7. The predicted molar refractivity (Wildman–Crippen MR) is 63.2 cm³/mol. The Bertz CT molecular complexity index is 285. The average molecular weight is 240 g/mol. The van der Waals surface area contributed by atoms with E-state index in [0.29, 0.717) is 25.0 Å². The zero-order valence-electron chi connectivity index (χ0n) is 10.3. The van der Waals surface area contributed by atoms with Crippen LogP contribution in [-0.2, 0) is 19.1 Å². The van der Waals surface area contributed by atoms with Gasteiger partial charge in [0.2, 0.25) is 0 Å². The fourth-order valence-electron chi connectivity index (χ4n) is 2.20. The molecule has 1 saturated carbocycles. The van der Waals surface area contributed by atoms with Gasteiger partial charge in [0, 0.05) is 13.0 Å². The molecule has 1 aliphatic rings. The van der Waals surface area contributed by atoms with E-state index >= 15 is 0 Å². The number of esters is 2. The summed E-state index contributed by atoms with van der Waals surface area (Å²) in [6.07, 6.45) is 5.39. The molecule has 4 heteroatoms. The summed E-state index contributed by atoms with van der Waals surface area (Å²) in [5.41, 5.74) is 0. The van der Waals surface area contributed by atoms with Crippen molar-refractivity contribution in [2.24, 2.45) is 11.8 Å². The van der Waals surface area contributed by atoms with E-state index in [1.54, 1.807) is 0 Å². The number of hydrogen-bond acceptors (Lipinski definition) is 4. The van der Waals surface area contributed by atoms with E-state index in [0.717, 1.165) is 25.7 Å². The van der Waals surface area contributed by atoms with E-state index in [4.69, 9.17) is 9.47 Å². The molecule has 0 saturated heterocycles. The van der Waals surface area contributed by atoms with E-state index in [1.165, 1.54) is 13.0 Å². The highest BCUT2D eigenvalue weighted by molar-refractivity contribution is 5.81. The predicted octanol–water partition coefficient (Wildman–Crippen LogP) is 2.09. The van der Waals surface area contributed by atoms with Gasteiger partial charge in [0.05, 0.1) is 13.2 Å². The summed E-state index contributed by atoms with van der Waals surface area (Å²) < 4.78 is 10.1. The number of hydrogen-bond donors (Lipinski definition) is 0. The van der Waals surface area contributed by atoms with Crippen molar-refractivity contribution in [3.05, 3.63) is 12.7 Å². The summed E-state index contributed by atoms with van der Waals surface area (Å²) >= 11 is 0. The summed E-state index contributed by atoms with van der Waals surface area (Å²) in [6, 6.07) is 0. The summed E-state index contributed by atoms with van der Waals surface area (Å²) in [6.45, 7) is 5.71. The minimum absolute atomic E-state index is 0.231. The van der Waals surface area contributed by atoms with E-state index in [1.807, 2.05) is 0 Å². The molecule has 17 heavy (non-hydrogen) atoms. The maximum atomic E-state index is 10.9. The van der Waals surface area contributed by atoms with Gasteiger partial charge in [-0.05, 0) is 31.1 Å². The molecule has 2 unspecified atom stereocenters. The summed E-state index contributed by atoms with van der Waals surface area (Å²) in [5, 5.41) is 0. The van der Waals surface area contributed by atoms with Gasteiger partial charge in [0.25, 0.3) is 0 Å². The second-order valence-electron chi connectivity index (χ2n) is 4.54. The van der Waals surface area contributed by atoms with Crippen LogP contribution in [0.1, 0.15) is 32.6 Å². The molecule has 4 nitrogen and oxygen atoms in total. The number of carbonyl (C=O) groups excluding carboxylic acids is 2. The Balaban J connectivity index is 2.25. The second-order valence-corrected chi connectivity index (χ2v) is 4.54. The van der Waals surface area contributed by atoms with Crippen LogP contribution < -0.4 is 0 Å². The first-order valence-electron chi connectivity index (χ1n) is 6.04. The SMILES string of the molecule is C=CC(=O)OCC1CCCC(COC(C)=O)C1. The van der Waals surface area contributed by atoms with E-state index in [2.05, 4.69) is 6.58 Å². The molecule has 0 bridgehead atoms. The molecular formula is C13H20O4. The van der Waals surface area contributed by atoms with Crippen LogP contribution in [-0.4, -0.2) is 25.2 Å². The molecule has 2 atom stereocenters. The molecule has 0 heterocycles. The Kier molecular flexibility index (Phi) is 5.73. The summed E-state index contributed by atoms with van der Waals surface area (Å²) in [5.74, 6) is 0.186. The third-order valence-electron chi connectivity index (χ3n) is 3.04. The van der Waals surface area contributed by atoms with Gasteiger partial charge in [-0.3, -0.25) is 4.79 Å². The van der Waals surface area contributed by atoms with Gasteiger partial charge in [-0.25, -0.2) is 4.79 Å². The second kappa shape index (κ2) is 7.09. The highest BCUT2D eigenvalue weighted by Gasteiger charge is 2.23. The average Bonchev–Trinajstić information content (AvgIpc) is 2.34. The van der Waals surface area contributed by atoms with Crippen LogP contribution in [0.15, 0.2) is 12.7 Å². The van der Waals surface area contributed by atoms with Crippen LogP contribution >= 0.6 is 0 Å². The van der Waals surface area contributed by atoms with Crippen molar-refractivity contribution in [3.8, 4) is 0 Å². The van der Waals surface area contributed by atoms with Gasteiger partial charge in [-0.15, -0.1) is 0 Å². The lowest BCUT2D eigenvalue weighted by Gasteiger charge is -2.28. The van der Waals surface area contributed by atoms with Crippen molar-refractivity contribution >= 4 is 11.9 Å².